The van der Waals surface area contributed by atoms with Gasteiger partial charge in [0.1, 0.15) is 0 Å². The monoisotopic (exact) mass is 327 g/mol. The van der Waals surface area contributed by atoms with Gasteiger partial charge >= 0.3 is 6.03 Å². The van der Waals surface area contributed by atoms with Crippen LogP contribution in [-0.4, -0.2) is 37.0 Å². The summed E-state index contributed by atoms with van der Waals surface area (Å²) >= 11 is 3.38. The van der Waals surface area contributed by atoms with Crippen LogP contribution in [0.25, 0.3) is 0 Å². The molecule has 1 aromatic rings. The van der Waals surface area contributed by atoms with E-state index < -0.39 is 6.03 Å². The van der Waals surface area contributed by atoms with Crippen molar-refractivity contribution in [3.05, 3.63) is 34.3 Å². The van der Waals surface area contributed by atoms with Crippen LogP contribution in [0.1, 0.15) is 12.5 Å². The number of likely N-dealkylation sites (N-methyl/N-ethyl adjacent to an activating group) is 1. The normalized spacial score (nSPS) is 12.1. The number of halogens is 1. The van der Waals surface area contributed by atoms with Crippen molar-refractivity contribution >= 4 is 27.9 Å². The molecule has 0 aliphatic carbocycles. The highest BCUT2D eigenvalue weighted by Gasteiger charge is 2.19. The van der Waals surface area contributed by atoms with Crippen molar-refractivity contribution in [3.63, 3.8) is 0 Å². The highest BCUT2D eigenvalue weighted by Crippen LogP contribution is 2.12. The van der Waals surface area contributed by atoms with Gasteiger partial charge in [0.05, 0.1) is 6.04 Å². The lowest BCUT2D eigenvalue weighted by Crippen LogP contribution is -2.47. The van der Waals surface area contributed by atoms with Crippen LogP contribution in [0.3, 0.4) is 0 Å². The standard InChI is InChI=1S/C13H18BrN3O2/c1-9(12(18)16-13(19)15-2)17(3)8-10-4-6-11(14)7-5-10/h4-7,9H,8H2,1-3H3,(H2,15,16,18,19)/t9-/m0/s1. The largest absolute Gasteiger partial charge is 0.341 e. The third-order valence-electron chi connectivity index (χ3n) is 2.85. The lowest BCUT2D eigenvalue weighted by molar-refractivity contribution is -0.124. The summed E-state index contributed by atoms with van der Waals surface area (Å²) in [4.78, 5) is 24.7. The Morgan fingerprint density at radius 1 is 1.32 bits per heavy atom. The zero-order valence-corrected chi connectivity index (χ0v) is 12.8. The number of nitrogens with one attached hydrogen (secondary N) is 2. The highest BCUT2D eigenvalue weighted by atomic mass is 79.9. The second-order valence-electron chi connectivity index (χ2n) is 4.29. The minimum absolute atomic E-state index is 0.320. The Labute approximate surface area is 121 Å². The number of amides is 3. The number of carbonyl (C=O) groups is 2. The smallest absolute Gasteiger partial charge is 0.321 e. The summed E-state index contributed by atoms with van der Waals surface area (Å²) in [5, 5.41) is 4.62. The quantitative estimate of drug-likeness (QED) is 0.885. The second kappa shape index (κ2) is 7.25. The van der Waals surface area contributed by atoms with Gasteiger partial charge in [0, 0.05) is 18.1 Å². The predicted octanol–water partition coefficient (Wildman–Crippen LogP) is 1.73. The SMILES string of the molecule is CNC(=O)NC(=O)[C@H](C)N(C)Cc1ccc(Br)cc1. The van der Waals surface area contributed by atoms with Crippen LogP contribution in [-0.2, 0) is 11.3 Å². The molecule has 0 heterocycles. The van der Waals surface area contributed by atoms with Crippen LogP contribution in [0, 0.1) is 0 Å². The molecule has 0 radical (unpaired) electrons. The molecule has 0 aromatic heterocycles. The molecular weight excluding hydrogens is 310 g/mol. The number of urea groups is 1. The van der Waals surface area contributed by atoms with Crippen molar-refractivity contribution in [2.75, 3.05) is 14.1 Å². The van der Waals surface area contributed by atoms with Crippen LogP contribution >= 0.6 is 15.9 Å². The first-order chi connectivity index (χ1) is 8.93. The number of hydrogen-bond acceptors (Lipinski definition) is 3. The Balaban J connectivity index is 2.56. The number of hydrogen-bond donors (Lipinski definition) is 2. The molecule has 0 bridgehead atoms. The molecular formula is C13H18BrN3O2. The molecule has 2 N–H and O–H groups in total. The van der Waals surface area contributed by atoms with Gasteiger partial charge in [-0.15, -0.1) is 0 Å². The topological polar surface area (TPSA) is 61.4 Å². The van der Waals surface area contributed by atoms with E-state index in [-0.39, 0.29) is 11.9 Å². The maximum Gasteiger partial charge on any atom is 0.321 e. The molecule has 0 saturated carbocycles. The molecule has 104 valence electrons. The van der Waals surface area contributed by atoms with Crippen LogP contribution in [0.15, 0.2) is 28.7 Å². The number of carbonyl (C=O) groups excluding carboxylic acids is 2. The molecule has 3 amide bonds. The van der Waals surface area contributed by atoms with Crippen molar-refractivity contribution in [2.24, 2.45) is 0 Å². The van der Waals surface area contributed by atoms with Gasteiger partial charge in [0.2, 0.25) is 5.91 Å². The summed E-state index contributed by atoms with van der Waals surface area (Å²) in [5.41, 5.74) is 1.10. The zero-order chi connectivity index (χ0) is 14.4. The average Bonchev–Trinajstić information content (AvgIpc) is 2.40. The summed E-state index contributed by atoms with van der Waals surface area (Å²) in [5.74, 6) is -0.320. The lowest BCUT2D eigenvalue weighted by atomic mass is 10.2. The Bertz CT molecular complexity index is 448. The Morgan fingerprint density at radius 3 is 2.42 bits per heavy atom. The summed E-state index contributed by atoms with van der Waals surface area (Å²) in [6.07, 6.45) is 0. The van der Waals surface area contributed by atoms with Crippen LogP contribution in [0.5, 0.6) is 0 Å². The van der Waals surface area contributed by atoms with Crippen molar-refractivity contribution < 1.29 is 9.59 Å². The van der Waals surface area contributed by atoms with Crippen molar-refractivity contribution in [1.29, 1.82) is 0 Å². The van der Waals surface area contributed by atoms with E-state index >= 15 is 0 Å². The van der Waals surface area contributed by atoms with Crippen molar-refractivity contribution in [2.45, 2.75) is 19.5 Å². The highest BCUT2D eigenvalue weighted by molar-refractivity contribution is 9.10. The van der Waals surface area contributed by atoms with Gasteiger partial charge in [-0.3, -0.25) is 15.0 Å². The number of nitrogens with zero attached hydrogens (tertiary/aromatic N) is 1. The molecule has 1 aromatic carbocycles. The molecule has 0 spiro atoms. The second-order valence-corrected chi connectivity index (χ2v) is 5.20. The van der Waals surface area contributed by atoms with Crippen LogP contribution < -0.4 is 10.6 Å². The van der Waals surface area contributed by atoms with Crippen LogP contribution in [0.4, 0.5) is 4.79 Å². The van der Waals surface area contributed by atoms with Gasteiger partial charge < -0.3 is 5.32 Å². The summed E-state index contributed by atoms with van der Waals surface area (Å²) in [6.45, 7) is 2.40. The fourth-order valence-corrected chi connectivity index (χ4v) is 1.76. The molecule has 5 nitrogen and oxygen atoms in total. The Morgan fingerprint density at radius 2 is 1.89 bits per heavy atom. The fourth-order valence-electron chi connectivity index (χ4n) is 1.49. The maximum atomic E-state index is 11.8. The van der Waals surface area contributed by atoms with Gasteiger partial charge in [-0.25, -0.2) is 4.79 Å². The van der Waals surface area contributed by atoms with Gasteiger partial charge in [0.25, 0.3) is 0 Å². The molecule has 0 saturated heterocycles. The molecule has 6 heteroatoms. The first-order valence-electron chi connectivity index (χ1n) is 5.91. The average molecular weight is 328 g/mol. The predicted molar refractivity (Wildman–Crippen MR) is 77.7 cm³/mol. The minimum Gasteiger partial charge on any atom is -0.341 e. The van der Waals surface area contributed by atoms with Crippen molar-refractivity contribution in [3.8, 4) is 0 Å². The number of benzene rings is 1. The van der Waals surface area contributed by atoms with Crippen molar-refractivity contribution in [1.82, 2.24) is 15.5 Å². The maximum absolute atomic E-state index is 11.8. The minimum atomic E-state index is -0.492. The molecule has 0 aliphatic heterocycles. The zero-order valence-electron chi connectivity index (χ0n) is 11.2. The number of imide groups is 1. The summed E-state index contributed by atoms with van der Waals surface area (Å²) in [6, 6.07) is 7.01. The van der Waals surface area contributed by atoms with E-state index in [4.69, 9.17) is 0 Å². The first-order valence-corrected chi connectivity index (χ1v) is 6.70. The Hall–Kier alpha value is -1.40. The van der Waals surface area contributed by atoms with E-state index in [1.165, 1.54) is 7.05 Å². The molecule has 1 rings (SSSR count). The third kappa shape index (κ3) is 5.00. The van der Waals surface area contributed by atoms with E-state index in [1.54, 1.807) is 6.92 Å². The first kappa shape index (κ1) is 15.7. The Kier molecular flexibility index (Phi) is 5.98. The fraction of sp³-hybridized carbons (Fsp3) is 0.385. The van der Waals surface area contributed by atoms with E-state index in [0.717, 1.165) is 10.0 Å². The van der Waals surface area contributed by atoms with E-state index in [1.807, 2.05) is 36.2 Å². The molecule has 0 unspecified atom stereocenters. The van der Waals surface area contributed by atoms with Gasteiger partial charge in [-0.2, -0.15) is 0 Å². The molecule has 1 atom stereocenters. The molecule has 0 fully saturated rings. The molecule has 0 aliphatic rings. The van der Waals surface area contributed by atoms with E-state index in [9.17, 15) is 9.59 Å². The number of rotatable bonds is 4. The molecule has 19 heavy (non-hydrogen) atoms. The lowest BCUT2D eigenvalue weighted by Gasteiger charge is -2.23. The van der Waals surface area contributed by atoms with E-state index in [0.29, 0.717) is 6.54 Å². The van der Waals surface area contributed by atoms with Gasteiger partial charge in [-0.1, -0.05) is 28.1 Å². The van der Waals surface area contributed by atoms with E-state index in [2.05, 4.69) is 26.6 Å². The van der Waals surface area contributed by atoms with Gasteiger partial charge in [0.15, 0.2) is 0 Å². The third-order valence-corrected chi connectivity index (χ3v) is 3.38. The summed E-state index contributed by atoms with van der Waals surface area (Å²) in [7, 11) is 3.31. The van der Waals surface area contributed by atoms with Crippen LogP contribution in [0.2, 0.25) is 0 Å². The summed E-state index contributed by atoms with van der Waals surface area (Å²) < 4.78 is 1.02. The van der Waals surface area contributed by atoms with Gasteiger partial charge in [-0.05, 0) is 31.7 Å².